The van der Waals surface area contributed by atoms with Gasteiger partial charge >= 0.3 is 0 Å². The zero-order valence-corrected chi connectivity index (χ0v) is 12.4. The summed E-state index contributed by atoms with van der Waals surface area (Å²) in [5.74, 6) is -0.482. The molecule has 3 rings (SSSR count). The maximum Gasteiger partial charge on any atom is 0.160 e. The fraction of sp³-hybridized carbons (Fsp3) is 0.133. The van der Waals surface area contributed by atoms with Crippen molar-refractivity contribution in [2.45, 2.75) is 6.42 Å². The summed E-state index contributed by atoms with van der Waals surface area (Å²) in [5.41, 5.74) is 3.16. The normalized spacial score (nSPS) is 12.0. The molecular weight excluding hydrogens is 307 g/mol. The van der Waals surface area contributed by atoms with Crippen molar-refractivity contribution in [3.63, 3.8) is 0 Å². The van der Waals surface area contributed by atoms with E-state index in [0.29, 0.717) is 28.9 Å². The number of rotatable bonds is 3. The second-order valence-electron chi connectivity index (χ2n) is 4.86. The van der Waals surface area contributed by atoms with Gasteiger partial charge in [-0.15, -0.1) is 0 Å². The topological polar surface area (TPSA) is 63.3 Å². The third-order valence-electron chi connectivity index (χ3n) is 3.39. The third kappa shape index (κ3) is 2.53. The molecule has 1 aromatic carbocycles. The molecule has 0 radical (unpaired) electrons. The van der Waals surface area contributed by atoms with Crippen molar-refractivity contribution in [1.29, 1.82) is 0 Å². The van der Waals surface area contributed by atoms with Crippen molar-refractivity contribution in [3.8, 4) is 0 Å². The third-order valence-corrected chi connectivity index (χ3v) is 3.68. The lowest BCUT2D eigenvalue weighted by Crippen LogP contribution is -2.07. The highest BCUT2D eigenvalue weighted by molar-refractivity contribution is 6.30. The number of fused-ring (bicyclic) bond motifs is 1. The Kier molecular flexibility index (Phi) is 3.77. The fourth-order valence-corrected chi connectivity index (χ4v) is 2.49. The molecule has 7 heteroatoms. The molecule has 0 aliphatic carbocycles. The standard InChI is InChI=1S/C15H12ClFN4O/c1-21-8-19-14-10(4-5-18-15(14)21)13(20-22)7-9-2-3-12(17)11(16)6-9/h2-6,8,22H,7H2,1H3/b20-13+. The summed E-state index contributed by atoms with van der Waals surface area (Å²) in [5, 5.41) is 12.8. The second kappa shape index (κ2) is 5.73. The van der Waals surface area contributed by atoms with Gasteiger partial charge in [-0.3, -0.25) is 0 Å². The molecule has 3 aromatic rings. The summed E-state index contributed by atoms with van der Waals surface area (Å²) in [6.45, 7) is 0. The summed E-state index contributed by atoms with van der Waals surface area (Å²) >= 11 is 5.78. The van der Waals surface area contributed by atoms with Crippen LogP contribution >= 0.6 is 11.6 Å². The minimum Gasteiger partial charge on any atom is -0.411 e. The Morgan fingerprint density at radius 3 is 2.91 bits per heavy atom. The predicted molar refractivity (Wildman–Crippen MR) is 81.9 cm³/mol. The first-order valence-electron chi connectivity index (χ1n) is 6.51. The van der Waals surface area contributed by atoms with Crippen LogP contribution in [0.1, 0.15) is 11.1 Å². The van der Waals surface area contributed by atoms with Gasteiger partial charge in [-0.2, -0.15) is 0 Å². The molecule has 0 saturated carbocycles. The lowest BCUT2D eigenvalue weighted by Gasteiger charge is -2.07. The van der Waals surface area contributed by atoms with Gasteiger partial charge in [0.25, 0.3) is 0 Å². The van der Waals surface area contributed by atoms with Crippen LogP contribution in [0.25, 0.3) is 11.2 Å². The number of pyridine rings is 1. The SMILES string of the molecule is Cn1cnc2c(/C(Cc3ccc(F)c(Cl)c3)=N/O)ccnc21. The van der Waals surface area contributed by atoms with Crippen molar-refractivity contribution < 1.29 is 9.60 Å². The quantitative estimate of drug-likeness (QED) is 0.458. The van der Waals surface area contributed by atoms with E-state index >= 15 is 0 Å². The van der Waals surface area contributed by atoms with E-state index < -0.39 is 5.82 Å². The van der Waals surface area contributed by atoms with Crippen molar-refractivity contribution in [3.05, 3.63) is 58.8 Å². The van der Waals surface area contributed by atoms with Gasteiger partial charge in [0, 0.05) is 25.2 Å². The number of hydrogen-bond donors (Lipinski definition) is 1. The molecule has 2 aromatic heterocycles. The van der Waals surface area contributed by atoms with Crippen LogP contribution in [0.3, 0.4) is 0 Å². The Morgan fingerprint density at radius 2 is 2.18 bits per heavy atom. The number of aromatic nitrogens is 3. The molecule has 0 atom stereocenters. The van der Waals surface area contributed by atoms with Crippen LogP contribution in [0, 0.1) is 5.82 Å². The van der Waals surface area contributed by atoms with Gasteiger partial charge in [-0.1, -0.05) is 22.8 Å². The molecular formula is C15H12ClFN4O. The van der Waals surface area contributed by atoms with Crippen molar-refractivity contribution >= 4 is 28.5 Å². The number of aryl methyl sites for hydroxylation is 1. The fourth-order valence-electron chi connectivity index (χ4n) is 2.29. The molecule has 0 unspecified atom stereocenters. The molecule has 0 aliphatic rings. The van der Waals surface area contributed by atoms with Gasteiger partial charge in [0.2, 0.25) is 0 Å². The van der Waals surface area contributed by atoms with Gasteiger partial charge in [0.05, 0.1) is 17.1 Å². The van der Waals surface area contributed by atoms with Gasteiger partial charge in [-0.25, -0.2) is 14.4 Å². The van der Waals surface area contributed by atoms with Crippen molar-refractivity contribution in [1.82, 2.24) is 14.5 Å². The molecule has 2 heterocycles. The second-order valence-corrected chi connectivity index (χ2v) is 5.27. The number of halogens is 2. The minimum atomic E-state index is -0.482. The number of hydrogen-bond acceptors (Lipinski definition) is 4. The smallest absolute Gasteiger partial charge is 0.160 e. The molecule has 0 bridgehead atoms. The Hall–Kier alpha value is -2.47. The van der Waals surface area contributed by atoms with E-state index in [1.54, 1.807) is 29.2 Å². The van der Waals surface area contributed by atoms with E-state index in [4.69, 9.17) is 11.6 Å². The molecule has 0 fully saturated rings. The first kappa shape index (κ1) is 14.5. The van der Waals surface area contributed by atoms with Crippen LogP contribution in [0.15, 0.2) is 41.9 Å². The zero-order valence-electron chi connectivity index (χ0n) is 11.7. The molecule has 1 N–H and O–H groups in total. The average molecular weight is 319 g/mol. The summed E-state index contributed by atoms with van der Waals surface area (Å²) in [7, 11) is 1.83. The van der Waals surface area contributed by atoms with Crippen LogP contribution in [0.2, 0.25) is 5.02 Å². The van der Waals surface area contributed by atoms with Crippen LogP contribution in [-0.2, 0) is 13.5 Å². The van der Waals surface area contributed by atoms with Crippen molar-refractivity contribution in [2.75, 3.05) is 0 Å². The lowest BCUT2D eigenvalue weighted by atomic mass is 10.0. The Morgan fingerprint density at radius 1 is 1.36 bits per heavy atom. The monoisotopic (exact) mass is 318 g/mol. The number of imidazole rings is 1. The molecule has 0 aliphatic heterocycles. The van der Waals surface area contributed by atoms with Crippen LogP contribution in [0.5, 0.6) is 0 Å². The number of benzene rings is 1. The van der Waals surface area contributed by atoms with Gasteiger partial charge < -0.3 is 9.77 Å². The van der Waals surface area contributed by atoms with E-state index in [1.165, 1.54) is 12.1 Å². The predicted octanol–water partition coefficient (Wildman–Crippen LogP) is 3.18. The molecule has 0 spiro atoms. The summed E-state index contributed by atoms with van der Waals surface area (Å²) in [4.78, 5) is 8.53. The Labute approximate surface area is 130 Å². The van der Waals surface area contributed by atoms with Crippen molar-refractivity contribution in [2.24, 2.45) is 12.2 Å². The molecule has 0 amide bonds. The molecule has 22 heavy (non-hydrogen) atoms. The van der Waals surface area contributed by atoms with E-state index in [9.17, 15) is 9.60 Å². The van der Waals surface area contributed by atoms with Crippen LogP contribution in [0.4, 0.5) is 4.39 Å². The summed E-state index contributed by atoms with van der Waals surface area (Å²) in [6, 6.07) is 6.13. The minimum absolute atomic E-state index is 0.0347. The van der Waals surface area contributed by atoms with Gasteiger partial charge in [-0.05, 0) is 23.8 Å². The highest BCUT2D eigenvalue weighted by Crippen LogP contribution is 2.20. The zero-order chi connectivity index (χ0) is 15.7. The Balaban J connectivity index is 2.02. The number of oxime groups is 1. The van der Waals surface area contributed by atoms with E-state index in [-0.39, 0.29) is 5.02 Å². The maximum atomic E-state index is 13.2. The molecule has 5 nitrogen and oxygen atoms in total. The number of nitrogens with zero attached hydrogens (tertiary/aromatic N) is 4. The molecule has 112 valence electrons. The average Bonchev–Trinajstić information content (AvgIpc) is 2.90. The first-order chi connectivity index (χ1) is 10.6. The first-order valence-corrected chi connectivity index (χ1v) is 6.89. The highest BCUT2D eigenvalue weighted by atomic mass is 35.5. The Bertz CT molecular complexity index is 875. The highest BCUT2D eigenvalue weighted by Gasteiger charge is 2.14. The van der Waals surface area contributed by atoms with E-state index in [2.05, 4.69) is 15.1 Å². The van der Waals surface area contributed by atoms with Crippen LogP contribution < -0.4 is 0 Å². The van der Waals surface area contributed by atoms with E-state index in [0.717, 1.165) is 5.56 Å². The van der Waals surface area contributed by atoms with E-state index in [1.807, 2.05) is 7.05 Å². The summed E-state index contributed by atoms with van der Waals surface area (Å²) in [6.07, 6.45) is 3.57. The van der Waals surface area contributed by atoms with Crippen LogP contribution in [-0.4, -0.2) is 25.5 Å². The molecule has 0 saturated heterocycles. The van der Waals surface area contributed by atoms with Gasteiger partial charge in [0.1, 0.15) is 11.3 Å². The van der Waals surface area contributed by atoms with Gasteiger partial charge in [0.15, 0.2) is 5.65 Å². The summed E-state index contributed by atoms with van der Waals surface area (Å²) < 4.78 is 15.0. The lowest BCUT2D eigenvalue weighted by molar-refractivity contribution is 0.318. The largest absolute Gasteiger partial charge is 0.411 e. The maximum absolute atomic E-state index is 13.2.